The van der Waals surface area contributed by atoms with Gasteiger partial charge in [-0.1, -0.05) is 0 Å². The summed E-state index contributed by atoms with van der Waals surface area (Å²) in [4.78, 5) is 15.6. The third-order valence-corrected chi connectivity index (χ3v) is 3.17. The molecule has 0 unspecified atom stereocenters. The number of benzene rings is 1. The molecule has 0 N–H and O–H groups in total. The molecule has 18 heavy (non-hydrogen) atoms. The molecule has 0 amide bonds. The van der Waals surface area contributed by atoms with E-state index in [0.717, 1.165) is 29.1 Å². The maximum absolute atomic E-state index is 11.5. The van der Waals surface area contributed by atoms with Crippen molar-refractivity contribution in [2.45, 2.75) is 19.4 Å². The Labute approximate surface area is 104 Å². The van der Waals surface area contributed by atoms with Crippen LogP contribution in [0, 0.1) is 0 Å². The van der Waals surface area contributed by atoms with Gasteiger partial charge in [0.25, 0.3) is 0 Å². The van der Waals surface area contributed by atoms with Gasteiger partial charge >= 0.3 is 0 Å². The van der Waals surface area contributed by atoms with Crippen LogP contribution in [-0.4, -0.2) is 20.5 Å². The molecule has 1 aromatic heterocycles. The summed E-state index contributed by atoms with van der Waals surface area (Å²) in [5.74, 6) is 1.77. The van der Waals surface area contributed by atoms with Crippen molar-refractivity contribution in [1.82, 2.24) is 14.8 Å². The minimum Gasteiger partial charge on any atom is -0.486 e. The van der Waals surface area contributed by atoms with Crippen LogP contribution in [-0.2, 0) is 20.1 Å². The fourth-order valence-electron chi connectivity index (χ4n) is 2.12. The first kappa shape index (κ1) is 11.0. The Bertz CT molecular complexity index is 604. The van der Waals surface area contributed by atoms with Crippen molar-refractivity contribution in [2.24, 2.45) is 7.05 Å². The minimum absolute atomic E-state index is 0.227. The van der Waals surface area contributed by atoms with Crippen molar-refractivity contribution in [3.05, 3.63) is 41.5 Å². The molecule has 5 heteroatoms. The number of hydrogen-bond acceptors (Lipinski definition) is 4. The SMILES string of the molecule is Cn1ncnc1COc1ccc2c(c1)CCC2=O. The van der Waals surface area contributed by atoms with Crippen molar-refractivity contribution in [2.75, 3.05) is 0 Å². The molecule has 0 saturated heterocycles. The largest absolute Gasteiger partial charge is 0.486 e. The molecule has 0 aliphatic heterocycles. The monoisotopic (exact) mass is 243 g/mol. The van der Waals surface area contributed by atoms with E-state index in [1.807, 2.05) is 25.2 Å². The Morgan fingerprint density at radius 2 is 2.28 bits per heavy atom. The van der Waals surface area contributed by atoms with Gasteiger partial charge in [-0.05, 0) is 30.2 Å². The Hall–Kier alpha value is -2.17. The lowest BCUT2D eigenvalue weighted by Crippen LogP contribution is -2.04. The Balaban J connectivity index is 1.75. The standard InChI is InChI=1S/C13H13N3O2/c1-16-13(14-8-15-16)7-18-10-3-4-11-9(6-10)2-5-12(11)17/h3-4,6,8H,2,5,7H2,1H3. The maximum Gasteiger partial charge on any atom is 0.164 e. The van der Waals surface area contributed by atoms with Crippen LogP contribution in [0.4, 0.5) is 0 Å². The second kappa shape index (κ2) is 4.25. The normalized spacial score (nSPS) is 13.7. The highest BCUT2D eigenvalue weighted by Gasteiger charge is 2.19. The molecular weight excluding hydrogens is 230 g/mol. The summed E-state index contributed by atoms with van der Waals surface area (Å²) in [7, 11) is 1.83. The number of hydrogen-bond donors (Lipinski definition) is 0. The first-order valence-electron chi connectivity index (χ1n) is 5.86. The predicted molar refractivity (Wildman–Crippen MR) is 64.4 cm³/mol. The van der Waals surface area contributed by atoms with Gasteiger partial charge in [0, 0.05) is 19.0 Å². The van der Waals surface area contributed by atoms with Crippen LogP contribution in [0.15, 0.2) is 24.5 Å². The number of Topliss-reactive ketones (excluding diaryl/α,β-unsaturated/α-hetero) is 1. The lowest BCUT2D eigenvalue weighted by molar-refractivity contribution is 0.0994. The molecule has 0 radical (unpaired) electrons. The molecule has 2 aromatic rings. The average Bonchev–Trinajstić information content (AvgIpc) is 2.94. The van der Waals surface area contributed by atoms with Gasteiger partial charge < -0.3 is 4.74 Å². The maximum atomic E-state index is 11.5. The highest BCUT2D eigenvalue weighted by atomic mass is 16.5. The summed E-state index contributed by atoms with van der Waals surface area (Å²) in [6.45, 7) is 0.378. The van der Waals surface area contributed by atoms with Crippen molar-refractivity contribution in [3.63, 3.8) is 0 Å². The summed E-state index contributed by atoms with van der Waals surface area (Å²) in [5, 5.41) is 3.98. The molecular formula is C13H13N3O2. The number of nitrogens with zero attached hydrogens (tertiary/aromatic N) is 3. The first-order valence-corrected chi connectivity index (χ1v) is 5.86. The zero-order valence-corrected chi connectivity index (χ0v) is 10.1. The number of ether oxygens (including phenoxy) is 1. The quantitative estimate of drug-likeness (QED) is 0.820. The van der Waals surface area contributed by atoms with Crippen LogP contribution >= 0.6 is 0 Å². The molecule has 0 spiro atoms. The second-order valence-corrected chi connectivity index (χ2v) is 4.33. The van der Waals surface area contributed by atoms with Gasteiger partial charge in [-0.25, -0.2) is 4.98 Å². The van der Waals surface area contributed by atoms with Crippen LogP contribution in [0.25, 0.3) is 0 Å². The van der Waals surface area contributed by atoms with Crippen molar-refractivity contribution < 1.29 is 9.53 Å². The van der Waals surface area contributed by atoms with Gasteiger partial charge in [-0.15, -0.1) is 0 Å². The van der Waals surface area contributed by atoms with Crippen LogP contribution < -0.4 is 4.74 Å². The number of fused-ring (bicyclic) bond motifs is 1. The van der Waals surface area contributed by atoms with E-state index in [2.05, 4.69) is 10.1 Å². The van der Waals surface area contributed by atoms with Gasteiger partial charge in [0.05, 0.1) is 0 Å². The molecule has 0 fully saturated rings. The number of aryl methyl sites for hydroxylation is 2. The van der Waals surface area contributed by atoms with Crippen molar-refractivity contribution >= 4 is 5.78 Å². The lowest BCUT2D eigenvalue weighted by Gasteiger charge is -2.07. The highest BCUT2D eigenvalue weighted by Crippen LogP contribution is 2.26. The predicted octanol–water partition coefficient (Wildman–Crippen LogP) is 1.52. The number of rotatable bonds is 3. The molecule has 1 aliphatic carbocycles. The minimum atomic E-state index is 0.227. The zero-order valence-electron chi connectivity index (χ0n) is 10.1. The fraction of sp³-hybridized carbons (Fsp3) is 0.308. The number of carbonyl (C=O) groups is 1. The number of carbonyl (C=O) groups excluding carboxylic acids is 1. The molecule has 1 aliphatic rings. The van der Waals surface area contributed by atoms with Crippen molar-refractivity contribution in [3.8, 4) is 5.75 Å². The summed E-state index contributed by atoms with van der Waals surface area (Å²) in [6.07, 6.45) is 2.93. The van der Waals surface area contributed by atoms with Gasteiger partial charge in [0.1, 0.15) is 18.7 Å². The molecule has 0 saturated carbocycles. The topological polar surface area (TPSA) is 57.0 Å². The Kier molecular flexibility index (Phi) is 2.59. The highest BCUT2D eigenvalue weighted by molar-refractivity contribution is 6.00. The van der Waals surface area contributed by atoms with Crippen molar-refractivity contribution in [1.29, 1.82) is 0 Å². The first-order chi connectivity index (χ1) is 8.74. The smallest absolute Gasteiger partial charge is 0.164 e. The Morgan fingerprint density at radius 1 is 1.39 bits per heavy atom. The molecule has 92 valence electrons. The lowest BCUT2D eigenvalue weighted by atomic mass is 10.1. The second-order valence-electron chi connectivity index (χ2n) is 4.33. The zero-order chi connectivity index (χ0) is 12.5. The molecule has 1 aromatic carbocycles. The fourth-order valence-corrected chi connectivity index (χ4v) is 2.12. The molecule has 0 atom stereocenters. The number of aromatic nitrogens is 3. The summed E-state index contributed by atoms with van der Waals surface area (Å²) < 4.78 is 7.33. The molecule has 3 rings (SSSR count). The van der Waals surface area contributed by atoms with E-state index in [-0.39, 0.29) is 5.78 Å². The Morgan fingerprint density at radius 3 is 3.06 bits per heavy atom. The van der Waals surface area contributed by atoms with Gasteiger partial charge in [0.15, 0.2) is 11.6 Å². The molecule has 5 nitrogen and oxygen atoms in total. The van der Waals surface area contributed by atoms with Crippen LogP contribution in [0.2, 0.25) is 0 Å². The average molecular weight is 243 g/mol. The van der Waals surface area contributed by atoms with Gasteiger partial charge in [0.2, 0.25) is 0 Å². The summed E-state index contributed by atoms with van der Waals surface area (Å²) in [5.41, 5.74) is 1.91. The number of ketones is 1. The van der Waals surface area contributed by atoms with E-state index in [0.29, 0.717) is 13.0 Å². The van der Waals surface area contributed by atoms with E-state index in [9.17, 15) is 4.79 Å². The van der Waals surface area contributed by atoms with E-state index in [1.165, 1.54) is 6.33 Å². The van der Waals surface area contributed by atoms with E-state index < -0.39 is 0 Å². The van der Waals surface area contributed by atoms with Crippen LogP contribution in [0.3, 0.4) is 0 Å². The van der Waals surface area contributed by atoms with E-state index in [1.54, 1.807) is 4.68 Å². The van der Waals surface area contributed by atoms with Crippen LogP contribution in [0.5, 0.6) is 5.75 Å². The van der Waals surface area contributed by atoms with Crippen LogP contribution in [0.1, 0.15) is 28.2 Å². The third-order valence-electron chi connectivity index (χ3n) is 3.17. The summed E-state index contributed by atoms with van der Waals surface area (Å²) in [6, 6.07) is 5.62. The molecule has 0 bridgehead atoms. The van der Waals surface area contributed by atoms with Gasteiger partial charge in [-0.3, -0.25) is 9.48 Å². The third kappa shape index (κ3) is 1.88. The summed E-state index contributed by atoms with van der Waals surface area (Å²) >= 11 is 0. The molecule has 1 heterocycles. The van der Waals surface area contributed by atoms with E-state index in [4.69, 9.17) is 4.74 Å². The van der Waals surface area contributed by atoms with E-state index >= 15 is 0 Å². The van der Waals surface area contributed by atoms with Gasteiger partial charge in [-0.2, -0.15) is 5.10 Å².